The van der Waals surface area contributed by atoms with Crippen LogP contribution in [0.2, 0.25) is 0 Å². The van der Waals surface area contributed by atoms with Crippen molar-refractivity contribution in [3.63, 3.8) is 0 Å². The second-order valence-corrected chi connectivity index (χ2v) is 6.72. The fraction of sp³-hybridized carbons (Fsp3) is 0.0625. The van der Waals surface area contributed by atoms with Gasteiger partial charge in [0.2, 0.25) is 0 Å². The number of carboxylic acid groups (broad SMARTS) is 1. The molecule has 0 spiro atoms. The number of fused-ring (bicyclic) bond motifs is 1. The van der Waals surface area contributed by atoms with Crippen LogP contribution in [0.5, 0.6) is 0 Å². The van der Waals surface area contributed by atoms with E-state index in [1.165, 1.54) is 16.2 Å². The van der Waals surface area contributed by atoms with Crippen molar-refractivity contribution in [2.45, 2.75) is 6.92 Å². The van der Waals surface area contributed by atoms with E-state index < -0.39 is 5.97 Å². The summed E-state index contributed by atoms with van der Waals surface area (Å²) < 4.78 is 1.54. The quantitative estimate of drug-likeness (QED) is 0.739. The number of aromatic carboxylic acids is 1. The predicted octanol–water partition coefficient (Wildman–Crippen LogP) is 3.70. The lowest BCUT2D eigenvalue weighted by Crippen LogP contribution is -2.15. The maximum Gasteiger partial charge on any atom is 0.347 e. The van der Waals surface area contributed by atoms with E-state index in [0.717, 1.165) is 16.9 Å². The minimum atomic E-state index is -1.08. The highest BCUT2D eigenvalue weighted by Crippen LogP contribution is 2.20. The third kappa shape index (κ3) is 3.11. The van der Waals surface area contributed by atoms with Crippen LogP contribution in [0.15, 0.2) is 39.7 Å². The molecule has 0 saturated heterocycles. The Bertz CT molecular complexity index is 987. The van der Waals surface area contributed by atoms with Gasteiger partial charge in [-0.25, -0.2) is 9.78 Å². The Hall–Kier alpha value is -2.25. The molecule has 2 aromatic heterocycles. The highest BCUT2D eigenvalue weighted by molar-refractivity contribution is 9.10. The Balaban J connectivity index is 2.07. The standard InChI is InChI=1S/C16H11BrN2O3S/c1-9-2-4-10(5-3-9)6-7-11-13(17)14(20)19-8-12(15(21)22)23-16(19)18-11/h2-8H,1H3,(H,21,22)/b7-6+. The van der Waals surface area contributed by atoms with Crippen LogP contribution in [0, 0.1) is 6.92 Å². The van der Waals surface area contributed by atoms with Gasteiger partial charge >= 0.3 is 5.97 Å². The molecule has 0 amide bonds. The maximum absolute atomic E-state index is 12.3. The van der Waals surface area contributed by atoms with E-state index in [1.807, 2.05) is 37.3 Å². The van der Waals surface area contributed by atoms with E-state index in [2.05, 4.69) is 20.9 Å². The number of thiazole rings is 1. The molecule has 3 rings (SSSR count). The van der Waals surface area contributed by atoms with E-state index in [-0.39, 0.29) is 10.4 Å². The Kier molecular flexibility index (Phi) is 4.14. The Morgan fingerprint density at radius 2 is 2.00 bits per heavy atom. The number of aryl methyl sites for hydroxylation is 1. The fourth-order valence-corrected chi connectivity index (χ4v) is 3.23. The molecule has 0 atom stereocenters. The molecule has 23 heavy (non-hydrogen) atoms. The number of rotatable bonds is 3. The Labute approximate surface area is 143 Å². The number of nitrogens with zero attached hydrogens (tertiary/aromatic N) is 2. The Morgan fingerprint density at radius 3 is 2.65 bits per heavy atom. The van der Waals surface area contributed by atoms with E-state index in [4.69, 9.17) is 5.11 Å². The number of hydrogen-bond donors (Lipinski definition) is 1. The molecule has 116 valence electrons. The van der Waals surface area contributed by atoms with Crippen LogP contribution in [0.3, 0.4) is 0 Å². The fourth-order valence-electron chi connectivity index (χ4n) is 2.00. The van der Waals surface area contributed by atoms with Gasteiger partial charge < -0.3 is 5.11 Å². The van der Waals surface area contributed by atoms with Gasteiger partial charge in [-0.05, 0) is 34.5 Å². The van der Waals surface area contributed by atoms with Gasteiger partial charge in [0, 0.05) is 6.20 Å². The second-order valence-electron chi connectivity index (χ2n) is 4.91. The van der Waals surface area contributed by atoms with E-state index in [1.54, 1.807) is 6.08 Å². The summed E-state index contributed by atoms with van der Waals surface area (Å²) in [4.78, 5) is 28.1. The highest BCUT2D eigenvalue weighted by Gasteiger charge is 2.14. The molecule has 7 heteroatoms. The number of carbonyl (C=O) groups is 1. The predicted molar refractivity (Wildman–Crippen MR) is 94.1 cm³/mol. The van der Waals surface area contributed by atoms with Crippen molar-refractivity contribution in [2.75, 3.05) is 0 Å². The van der Waals surface area contributed by atoms with Gasteiger partial charge in [0.05, 0.1) is 5.69 Å². The first kappa shape index (κ1) is 15.6. The zero-order valence-electron chi connectivity index (χ0n) is 12.0. The minimum Gasteiger partial charge on any atom is -0.477 e. The molecule has 0 bridgehead atoms. The smallest absolute Gasteiger partial charge is 0.347 e. The van der Waals surface area contributed by atoms with Crippen molar-refractivity contribution in [2.24, 2.45) is 0 Å². The molecule has 1 N–H and O–H groups in total. The van der Waals surface area contributed by atoms with Gasteiger partial charge in [-0.1, -0.05) is 47.2 Å². The lowest BCUT2D eigenvalue weighted by atomic mass is 10.1. The molecular weight excluding hydrogens is 380 g/mol. The SMILES string of the molecule is Cc1ccc(/C=C/c2nc3sc(C(=O)O)cn3c(=O)c2Br)cc1. The first-order chi connectivity index (χ1) is 11.0. The van der Waals surface area contributed by atoms with E-state index in [0.29, 0.717) is 15.1 Å². The molecule has 0 radical (unpaired) electrons. The molecule has 0 aliphatic heterocycles. The molecule has 2 heterocycles. The van der Waals surface area contributed by atoms with Crippen LogP contribution in [-0.4, -0.2) is 20.5 Å². The van der Waals surface area contributed by atoms with Gasteiger partial charge in [0.1, 0.15) is 9.35 Å². The lowest BCUT2D eigenvalue weighted by Gasteiger charge is -1.99. The summed E-state index contributed by atoms with van der Waals surface area (Å²) in [5.41, 5.74) is 2.29. The summed E-state index contributed by atoms with van der Waals surface area (Å²) in [6.07, 6.45) is 4.88. The Morgan fingerprint density at radius 1 is 1.30 bits per heavy atom. The first-order valence-corrected chi connectivity index (χ1v) is 8.26. The number of hydrogen-bond acceptors (Lipinski definition) is 4. The number of carboxylic acids is 1. The summed E-state index contributed by atoms with van der Waals surface area (Å²) in [5, 5.41) is 9.03. The zero-order chi connectivity index (χ0) is 16.6. The first-order valence-electron chi connectivity index (χ1n) is 6.65. The van der Waals surface area contributed by atoms with Gasteiger partial charge in [-0.15, -0.1) is 0 Å². The third-order valence-electron chi connectivity index (χ3n) is 3.22. The lowest BCUT2D eigenvalue weighted by molar-refractivity contribution is 0.0702. The second kappa shape index (κ2) is 6.10. The van der Waals surface area contributed by atoms with Crippen LogP contribution < -0.4 is 5.56 Å². The molecule has 0 aliphatic carbocycles. The average Bonchev–Trinajstić information content (AvgIpc) is 2.95. The van der Waals surface area contributed by atoms with Gasteiger partial charge in [0.25, 0.3) is 5.56 Å². The van der Waals surface area contributed by atoms with Crippen molar-refractivity contribution < 1.29 is 9.90 Å². The summed E-state index contributed by atoms with van der Waals surface area (Å²) in [7, 11) is 0. The molecule has 5 nitrogen and oxygen atoms in total. The maximum atomic E-state index is 12.3. The molecule has 0 saturated carbocycles. The summed E-state index contributed by atoms with van der Waals surface area (Å²) in [6.45, 7) is 2.01. The van der Waals surface area contributed by atoms with Crippen LogP contribution in [0.1, 0.15) is 26.5 Å². The van der Waals surface area contributed by atoms with Crippen molar-refractivity contribution in [3.8, 4) is 0 Å². The molecule has 1 aromatic carbocycles. The van der Waals surface area contributed by atoms with Crippen molar-refractivity contribution in [3.05, 3.63) is 67.0 Å². The summed E-state index contributed by atoms with van der Waals surface area (Å²) in [5.74, 6) is -1.08. The van der Waals surface area contributed by atoms with Gasteiger partial charge in [-0.2, -0.15) is 0 Å². The molecule has 3 aromatic rings. The van der Waals surface area contributed by atoms with Gasteiger partial charge in [-0.3, -0.25) is 9.20 Å². The zero-order valence-corrected chi connectivity index (χ0v) is 14.4. The summed E-state index contributed by atoms with van der Waals surface area (Å²) >= 11 is 4.21. The summed E-state index contributed by atoms with van der Waals surface area (Å²) in [6, 6.07) is 7.94. The topological polar surface area (TPSA) is 71.7 Å². The third-order valence-corrected chi connectivity index (χ3v) is 4.94. The molecular formula is C16H11BrN2O3S. The number of aromatic nitrogens is 2. The van der Waals surface area contributed by atoms with Crippen LogP contribution in [-0.2, 0) is 0 Å². The van der Waals surface area contributed by atoms with Crippen molar-refractivity contribution in [1.29, 1.82) is 0 Å². The van der Waals surface area contributed by atoms with Crippen LogP contribution in [0.25, 0.3) is 17.1 Å². The van der Waals surface area contributed by atoms with E-state index >= 15 is 0 Å². The number of halogens is 1. The largest absolute Gasteiger partial charge is 0.477 e. The highest BCUT2D eigenvalue weighted by atomic mass is 79.9. The minimum absolute atomic E-state index is 0.0705. The van der Waals surface area contributed by atoms with E-state index in [9.17, 15) is 9.59 Å². The molecule has 0 aliphatic rings. The number of benzene rings is 1. The van der Waals surface area contributed by atoms with Crippen LogP contribution >= 0.6 is 27.3 Å². The van der Waals surface area contributed by atoms with Crippen LogP contribution in [0.4, 0.5) is 0 Å². The molecule has 0 unspecified atom stereocenters. The molecule has 0 fully saturated rings. The van der Waals surface area contributed by atoms with Crippen molar-refractivity contribution >= 4 is 50.3 Å². The normalized spacial score (nSPS) is 11.4. The monoisotopic (exact) mass is 390 g/mol. The van der Waals surface area contributed by atoms with Crippen molar-refractivity contribution in [1.82, 2.24) is 9.38 Å². The average molecular weight is 391 g/mol. The van der Waals surface area contributed by atoms with Gasteiger partial charge in [0.15, 0.2) is 4.96 Å².